The third-order valence-electron chi connectivity index (χ3n) is 3.80. The quantitative estimate of drug-likeness (QED) is 0.729. The lowest BCUT2D eigenvalue weighted by atomic mass is 9.76. The van der Waals surface area contributed by atoms with E-state index in [9.17, 15) is 0 Å². The molecular weight excluding hydrogens is 174 g/mol. The molecule has 0 bridgehead atoms. The van der Waals surface area contributed by atoms with Crippen molar-refractivity contribution < 1.29 is 4.74 Å². The zero-order valence-corrected chi connectivity index (χ0v) is 9.30. The highest BCUT2D eigenvalue weighted by atomic mass is 16.5. The zero-order chi connectivity index (χ0) is 9.80. The molecule has 2 nitrogen and oxygen atoms in total. The molecule has 0 radical (unpaired) electrons. The van der Waals surface area contributed by atoms with Gasteiger partial charge in [-0.3, -0.25) is 0 Å². The van der Waals surface area contributed by atoms with E-state index >= 15 is 0 Å². The summed E-state index contributed by atoms with van der Waals surface area (Å²) in [6.07, 6.45) is 6.98. The number of nitrogens with one attached hydrogen (secondary N) is 1. The van der Waals surface area contributed by atoms with Crippen LogP contribution in [0.2, 0.25) is 0 Å². The Kier molecular flexibility index (Phi) is 3.82. The van der Waals surface area contributed by atoms with E-state index in [1.54, 1.807) is 0 Å². The lowest BCUT2D eigenvalue weighted by molar-refractivity contribution is 0.165. The third-order valence-corrected chi connectivity index (χ3v) is 3.80. The molecule has 0 aromatic heterocycles. The van der Waals surface area contributed by atoms with E-state index in [1.807, 2.05) is 0 Å². The number of hydrogen-bond acceptors (Lipinski definition) is 2. The van der Waals surface area contributed by atoms with Crippen LogP contribution in [0, 0.1) is 11.8 Å². The van der Waals surface area contributed by atoms with Gasteiger partial charge in [0, 0.05) is 19.3 Å². The van der Waals surface area contributed by atoms with Crippen LogP contribution in [0.25, 0.3) is 0 Å². The first-order valence-electron chi connectivity index (χ1n) is 6.21. The molecule has 0 amide bonds. The van der Waals surface area contributed by atoms with Crippen molar-refractivity contribution in [1.82, 2.24) is 5.32 Å². The normalized spacial score (nSPS) is 30.2. The summed E-state index contributed by atoms with van der Waals surface area (Å²) in [5.41, 5.74) is 0. The van der Waals surface area contributed by atoms with Gasteiger partial charge in [-0.1, -0.05) is 13.3 Å². The third kappa shape index (κ3) is 2.48. The number of ether oxygens (including phenoxy) is 1. The van der Waals surface area contributed by atoms with Crippen LogP contribution < -0.4 is 5.32 Å². The predicted molar refractivity (Wildman–Crippen MR) is 58.3 cm³/mol. The van der Waals surface area contributed by atoms with Gasteiger partial charge in [0.15, 0.2) is 0 Å². The van der Waals surface area contributed by atoms with E-state index < -0.39 is 0 Å². The van der Waals surface area contributed by atoms with Gasteiger partial charge in [0.25, 0.3) is 0 Å². The van der Waals surface area contributed by atoms with Crippen LogP contribution in [0.15, 0.2) is 0 Å². The molecule has 14 heavy (non-hydrogen) atoms. The molecule has 2 aliphatic rings. The minimum atomic E-state index is 0.778. The molecule has 2 heteroatoms. The smallest absolute Gasteiger partial charge is 0.0495 e. The minimum absolute atomic E-state index is 0.778. The van der Waals surface area contributed by atoms with Gasteiger partial charge in [0.2, 0.25) is 0 Å². The summed E-state index contributed by atoms with van der Waals surface area (Å²) >= 11 is 0. The van der Waals surface area contributed by atoms with Crippen molar-refractivity contribution in [2.24, 2.45) is 11.8 Å². The fourth-order valence-corrected chi connectivity index (χ4v) is 2.68. The Hall–Kier alpha value is -0.0800. The van der Waals surface area contributed by atoms with Crippen molar-refractivity contribution in [2.45, 2.75) is 45.1 Å². The van der Waals surface area contributed by atoms with Gasteiger partial charge >= 0.3 is 0 Å². The Labute approximate surface area is 87.4 Å². The second-order valence-electron chi connectivity index (χ2n) is 4.82. The second kappa shape index (κ2) is 5.13. The fraction of sp³-hybridized carbons (Fsp3) is 1.00. The van der Waals surface area contributed by atoms with E-state index in [1.165, 1.54) is 32.1 Å². The maximum atomic E-state index is 5.44. The molecule has 1 saturated heterocycles. The van der Waals surface area contributed by atoms with E-state index in [-0.39, 0.29) is 0 Å². The Morgan fingerprint density at radius 1 is 1.36 bits per heavy atom. The maximum Gasteiger partial charge on any atom is 0.0495 e. The summed E-state index contributed by atoms with van der Waals surface area (Å²) in [7, 11) is 0. The molecule has 2 unspecified atom stereocenters. The van der Waals surface area contributed by atoms with Gasteiger partial charge in [0.1, 0.15) is 0 Å². The van der Waals surface area contributed by atoms with Crippen LogP contribution in [-0.2, 0) is 4.74 Å². The fourth-order valence-electron chi connectivity index (χ4n) is 2.68. The van der Waals surface area contributed by atoms with Crippen LogP contribution in [-0.4, -0.2) is 25.8 Å². The van der Waals surface area contributed by atoms with Gasteiger partial charge in [-0.25, -0.2) is 0 Å². The van der Waals surface area contributed by atoms with Gasteiger partial charge in [-0.2, -0.15) is 0 Å². The van der Waals surface area contributed by atoms with Gasteiger partial charge in [-0.15, -0.1) is 0 Å². The van der Waals surface area contributed by atoms with E-state index in [4.69, 9.17) is 4.74 Å². The lowest BCUT2D eigenvalue weighted by Gasteiger charge is -2.35. The standard InChI is InChI=1S/C12H23NO/c1-2-13-12(11-4-3-5-11)8-10-6-7-14-9-10/h10-13H,2-9H2,1H3. The van der Waals surface area contributed by atoms with Crippen LogP contribution in [0.3, 0.4) is 0 Å². The molecule has 2 fully saturated rings. The average Bonchev–Trinajstić information content (AvgIpc) is 2.54. The van der Waals surface area contributed by atoms with Crippen molar-refractivity contribution >= 4 is 0 Å². The van der Waals surface area contributed by atoms with Crippen molar-refractivity contribution in [3.63, 3.8) is 0 Å². The van der Waals surface area contributed by atoms with Crippen LogP contribution in [0.5, 0.6) is 0 Å². The average molecular weight is 197 g/mol. The Bertz CT molecular complexity index is 162. The Morgan fingerprint density at radius 3 is 2.71 bits per heavy atom. The maximum absolute atomic E-state index is 5.44. The number of hydrogen-bond donors (Lipinski definition) is 1. The molecule has 0 spiro atoms. The van der Waals surface area contributed by atoms with Gasteiger partial charge in [-0.05, 0) is 44.1 Å². The molecule has 1 aliphatic heterocycles. The molecule has 2 rings (SSSR count). The van der Waals surface area contributed by atoms with Crippen LogP contribution in [0.4, 0.5) is 0 Å². The first-order chi connectivity index (χ1) is 6.90. The highest BCUT2D eigenvalue weighted by Crippen LogP contribution is 2.33. The topological polar surface area (TPSA) is 21.3 Å². The first kappa shape index (κ1) is 10.4. The minimum Gasteiger partial charge on any atom is -0.381 e. The highest BCUT2D eigenvalue weighted by Gasteiger charge is 2.29. The van der Waals surface area contributed by atoms with Crippen molar-refractivity contribution in [3.05, 3.63) is 0 Å². The molecule has 1 heterocycles. The Balaban J connectivity index is 1.76. The van der Waals surface area contributed by atoms with Gasteiger partial charge in [0.05, 0.1) is 0 Å². The summed E-state index contributed by atoms with van der Waals surface area (Å²) in [6, 6.07) is 0.778. The van der Waals surface area contributed by atoms with Crippen molar-refractivity contribution in [3.8, 4) is 0 Å². The zero-order valence-electron chi connectivity index (χ0n) is 9.30. The lowest BCUT2D eigenvalue weighted by Crippen LogP contribution is -2.40. The molecular formula is C12H23NO. The van der Waals surface area contributed by atoms with Crippen molar-refractivity contribution in [2.75, 3.05) is 19.8 Å². The Morgan fingerprint density at radius 2 is 2.21 bits per heavy atom. The monoisotopic (exact) mass is 197 g/mol. The molecule has 0 aromatic rings. The predicted octanol–water partition coefficient (Wildman–Crippen LogP) is 2.19. The largest absolute Gasteiger partial charge is 0.381 e. The van der Waals surface area contributed by atoms with Gasteiger partial charge < -0.3 is 10.1 Å². The van der Waals surface area contributed by atoms with E-state index in [2.05, 4.69) is 12.2 Å². The summed E-state index contributed by atoms with van der Waals surface area (Å²) < 4.78 is 5.44. The molecule has 1 aliphatic carbocycles. The molecule has 82 valence electrons. The molecule has 1 saturated carbocycles. The summed E-state index contributed by atoms with van der Waals surface area (Å²) in [5.74, 6) is 1.80. The number of rotatable bonds is 5. The molecule has 0 aromatic carbocycles. The van der Waals surface area contributed by atoms with Crippen LogP contribution in [0.1, 0.15) is 39.0 Å². The highest BCUT2D eigenvalue weighted by molar-refractivity contribution is 4.85. The molecule has 1 N–H and O–H groups in total. The summed E-state index contributed by atoms with van der Waals surface area (Å²) in [5, 5.41) is 3.66. The molecule has 2 atom stereocenters. The summed E-state index contributed by atoms with van der Waals surface area (Å²) in [6.45, 7) is 5.34. The summed E-state index contributed by atoms with van der Waals surface area (Å²) in [4.78, 5) is 0. The van der Waals surface area contributed by atoms with Crippen LogP contribution >= 0.6 is 0 Å². The second-order valence-corrected chi connectivity index (χ2v) is 4.82. The van der Waals surface area contributed by atoms with E-state index in [0.29, 0.717) is 0 Å². The van der Waals surface area contributed by atoms with E-state index in [0.717, 1.165) is 37.6 Å². The SMILES string of the molecule is CCNC(CC1CCOC1)C1CCC1. The first-order valence-corrected chi connectivity index (χ1v) is 6.21. The van der Waals surface area contributed by atoms with Crippen molar-refractivity contribution in [1.29, 1.82) is 0 Å².